The maximum Gasteiger partial charge on any atom is 0.303 e. The van der Waals surface area contributed by atoms with Gasteiger partial charge in [-0.1, -0.05) is 6.92 Å². The number of alkyl halides is 1. The van der Waals surface area contributed by atoms with Crippen LogP contribution in [0.1, 0.15) is 65.9 Å². The summed E-state index contributed by atoms with van der Waals surface area (Å²) in [5.74, 6) is -0.804. The fraction of sp³-hybridized carbons (Fsp3) is 0.462. The molecule has 2 fully saturated rings. The maximum absolute atomic E-state index is 14.7. The highest BCUT2D eigenvalue weighted by molar-refractivity contribution is 7.87. The number of rotatable bonds is 9. The summed E-state index contributed by atoms with van der Waals surface area (Å²) < 4.78 is 64.3. The second kappa shape index (κ2) is 10.0. The van der Waals surface area contributed by atoms with Crippen LogP contribution < -0.4 is 9.46 Å². The largest absolute Gasteiger partial charge is 0.493 e. The zero-order valence-electron chi connectivity index (χ0n) is 20.7. The highest BCUT2D eigenvalue weighted by Gasteiger charge is 2.37. The fourth-order valence-corrected chi connectivity index (χ4v) is 5.76. The van der Waals surface area contributed by atoms with Gasteiger partial charge in [0.2, 0.25) is 0 Å². The van der Waals surface area contributed by atoms with E-state index in [4.69, 9.17) is 4.74 Å². The molecule has 2 saturated carbocycles. The van der Waals surface area contributed by atoms with Crippen molar-refractivity contribution in [2.75, 3.05) is 20.2 Å². The predicted octanol–water partition coefficient (Wildman–Crippen LogP) is 4.19. The molecule has 0 aliphatic heterocycles. The van der Waals surface area contributed by atoms with E-state index >= 15 is 0 Å². The van der Waals surface area contributed by atoms with Crippen LogP contribution in [0, 0.1) is 11.7 Å². The van der Waals surface area contributed by atoms with Gasteiger partial charge in [-0.25, -0.2) is 18.0 Å². The van der Waals surface area contributed by atoms with Gasteiger partial charge in [0.15, 0.2) is 0 Å². The molecule has 2 heterocycles. The Labute approximate surface area is 214 Å². The molecule has 1 amide bonds. The first-order valence-corrected chi connectivity index (χ1v) is 13.9. The van der Waals surface area contributed by atoms with Crippen LogP contribution in [0.5, 0.6) is 5.75 Å². The molecule has 11 heteroatoms. The first kappa shape index (κ1) is 25.6. The van der Waals surface area contributed by atoms with Crippen molar-refractivity contribution in [3.63, 3.8) is 0 Å². The highest BCUT2D eigenvalue weighted by atomic mass is 32.2. The number of pyridine rings is 1. The molecule has 1 unspecified atom stereocenters. The maximum atomic E-state index is 14.7. The molecule has 0 saturated heterocycles. The van der Waals surface area contributed by atoms with Gasteiger partial charge < -0.3 is 4.74 Å². The molecule has 3 atom stereocenters. The van der Waals surface area contributed by atoms with E-state index in [1.807, 2.05) is 6.07 Å². The summed E-state index contributed by atoms with van der Waals surface area (Å²) in [6, 6.07) is 8.13. The van der Waals surface area contributed by atoms with Crippen molar-refractivity contribution in [3.05, 3.63) is 65.2 Å². The zero-order valence-corrected chi connectivity index (χ0v) is 21.5. The van der Waals surface area contributed by atoms with Gasteiger partial charge in [0.1, 0.15) is 17.7 Å². The number of hydrogen-bond donors (Lipinski definition) is 1. The van der Waals surface area contributed by atoms with Crippen molar-refractivity contribution in [1.82, 2.24) is 18.6 Å². The topological polar surface area (TPSA) is 93.0 Å². The summed E-state index contributed by atoms with van der Waals surface area (Å²) >= 11 is 0. The lowest BCUT2D eigenvalue weighted by Gasteiger charge is -2.21. The summed E-state index contributed by atoms with van der Waals surface area (Å²) in [5, 5.41) is 4.16. The minimum absolute atomic E-state index is 0.0859. The minimum atomic E-state index is -4.00. The van der Waals surface area contributed by atoms with E-state index < -0.39 is 28.1 Å². The van der Waals surface area contributed by atoms with E-state index in [2.05, 4.69) is 9.82 Å². The predicted molar refractivity (Wildman–Crippen MR) is 134 cm³/mol. The Balaban J connectivity index is 1.44. The van der Waals surface area contributed by atoms with Gasteiger partial charge in [0.25, 0.3) is 5.91 Å². The standard InChI is InChI=1S/C26H30F2N4O4S/c1-3-31(2)37(34,35)30-26(33)24-14-29-32-7-6-17(10-25(24)32)22-12-20(28)13-23(22)18-8-19(27)11-21(9-18)36-15-16-4-5-16/h6-11,14,16,20,22-23H,3-5,12-13,15H2,1-2H3,(H,30,33)/t20-,22?,23-/m1/s1. The SMILES string of the molecule is CCN(C)S(=O)(=O)NC(=O)c1cnn2ccc(C3C[C@@H](F)C[C@@H]3c3cc(F)cc(OCC4CC4)c3)cc12. The number of ether oxygens (including phenoxy) is 1. The Hall–Kier alpha value is -3.05. The Morgan fingerprint density at radius 2 is 1.92 bits per heavy atom. The number of halogens is 2. The number of nitrogens with zero attached hydrogens (tertiary/aromatic N) is 3. The summed E-state index contributed by atoms with van der Waals surface area (Å²) in [5.41, 5.74) is 1.93. The fourth-order valence-electron chi connectivity index (χ4n) is 4.92. The number of benzene rings is 1. The first-order valence-electron chi connectivity index (χ1n) is 12.5. The van der Waals surface area contributed by atoms with Crippen LogP contribution in [-0.4, -0.2) is 54.6 Å². The lowest BCUT2D eigenvalue weighted by molar-refractivity contribution is 0.0981. The van der Waals surface area contributed by atoms with Crippen LogP contribution in [-0.2, 0) is 10.2 Å². The lowest BCUT2D eigenvalue weighted by atomic mass is 9.84. The average molecular weight is 533 g/mol. The van der Waals surface area contributed by atoms with Crippen LogP contribution in [0.4, 0.5) is 8.78 Å². The quantitative estimate of drug-likeness (QED) is 0.446. The van der Waals surface area contributed by atoms with Crippen molar-refractivity contribution >= 4 is 21.6 Å². The Kier molecular flexibility index (Phi) is 6.93. The van der Waals surface area contributed by atoms with Crippen molar-refractivity contribution in [3.8, 4) is 5.75 Å². The second-order valence-corrected chi connectivity index (χ2v) is 11.7. The normalized spacial score (nSPS) is 22.0. The Morgan fingerprint density at radius 3 is 2.62 bits per heavy atom. The van der Waals surface area contributed by atoms with Crippen LogP contribution in [0.3, 0.4) is 0 Å². The van der Waals surface area contributed by atoms with Crippen LogP contribution in [0.25, 0.3) is 5.52 Å². The molecule has 0 radical (unpaired) electrons. The van der Waals surface area contributed by atoms with Crippen LogP contribution in [0.15, 0.2) is 42.7 Å². The number of carbonyl (C=O) groups excluding carboxylic acids is 1. The van der Waals surface area contributed by atoms with Gasteiger partial charge in [-0.3, -0.25) is 4.79 Å². The van der Waals surface area contributed by atoms with Crippen molar-refractivity contribution in [2.45, 2.75) is 50.6 Å². The Bertz CT molecular complexity index is 1420. The van der Waals surface area contributed by atoms with Gasteiger partial charge in [0.05, 0.1) is 23.9 Å². The monoisotopic (exact) mass is 532 g/mol. The molecule has 0 spiro atoms. The summed E-state index contributed by atoms with van der Waals surface area (Å²) in [6.07, 6.45) is 4.63. The van der Waals surface area contributed by atoms with Gasteiger partial charge >= 0.3 is 10.2 Å². The molecule has 198 valence electrons. The molecule has 1 N–H and O–H groups in total. The molecule has 0 bridgehead atoms. The van der Waals surface area contributed by atoms with Crippen molar-refractivity contribution in [2.24, 2.45) is 5.92 Å². The number of hydrogen-bond acceptors (Lipinski definition) is 5. The average Bonchev–Trinajstić information content (AvgIpc) is 3.46. The first-order chi connectivity index (χ1) is 17.6. The minimum Gasteiger partial charge on any atom is -0.493 e. The van der Waals surface area contributed by atoms with Gasteiger partial charge in [0, 0.05) is 25.9 Å². The zero-order chi connectivity index (χ0) is 26.3. The van der Waals surface area contributed by atoms with E-state index in [1.54, 1.807) is 25.3 Å². The molecule has 2 aromatic heterocycles. The third-order valence-corrected chi connectivity index (χ3v) is 8.83. The molecule has 5 rings (SSSR count). The van der Waals surface area contributed by atoms with E-state index in [0.717, 1.165) is 22.7 Å². The van der Waals surface area contributed by atoms with E-state index in [0.29, 0.717) is 29.4 Å². The molecular formula is C26H30F2N4O4S. The molecule has 1 aromatic carbocycles. The number of carbonyl (C=O) groups is 1. The highest BCUT2D eigenvalue weighted by Crippen LogP contribution is 2.48. The lowest BCUT2D eigenvalue weighted by Crippen LogP contribution is -2.41. The molecule has 37 heavy (non-hydrogen) atoms. The summed E-state index contributed by atoms with van der Waals surface area (Å²) in [6.45, 7) is 2.40. The van der Waals surface area contributed by atoms with Crippen molar-refractivity contribution < 1.29 is 26.7 Å². The molecule has 8 nitrogen and oxygen atoms in total. The van der Waals surface area contributed by atoms with E-state index in [1.165, 1.54) is 29.9 Å². The number of amides is 1. The van der Waals surface area contributed by atoms with Crippen LogP contribution in [0.2, 0.25) is 0 Å². The van der Waals surface area contributed by atoms with Gasteiger partial charge in [-0.2, -0.15) is 17.8 Å². The second-order valence-electron chi connectivity index (χ2n) is 9.95. The van der Waals surface area contributed by atoms with Gasteiger partial charge in [-0.15, -0.1) is 0 Å². The third kappa shape index (κ3) is 5.47. The summed E-state index contributed by atoms with van der Waals surface area (Å²) in [4.78, 5) is 12.8. The number of aromatic nitrogens is 2. The number of nitrogens with one attached hydrogen (secondary N) is 1. The number of fused-ring (bicyclic) bond motifs is 1. The molecule has 2 aliphatic rings. The molecular weight excluding hydrogens is 502 g/mol. The van der Waals surface area contributed by atoms with Crippen LogP contribution >= 0.6 is 0 Å². The van der Waals surface area contributed by atoms with E-state index in [-0.39, 0.29) is 36.8 Å². The Morgan fingerprint density at radius 1 is 1.19 bits per heavy atom. The third-order valence-electron chi connectivity index (χ3n) is 7.31. The smallest absolute Gasteiger partial charge is 0.303 e. The molecule has 3 aromatic rings. The van der Waals surface area contributed by atoms with Crippen molar-refractivity contribution in [1.29, 1.82) is 0 Å². The van der Waals surface area contributed by atoms with Gasteiger partial charge in [-0.05, 0) is 78.8 Å². The summed E-state index contributed by atoms with van der Waals surface area (Å²) in [7, 11) is -2.63. The molecule has 2 aliphatic carbocycles. The van der Waals surface area contributed by atoms with E-state index in [9.17, 15) is 22.0 Å².